The maximum atomic E-state index is 12.9. The van der Waals surface area contributed by atoms with Crippen LogP contribution in [0.3, 0.4) is 0 Å². The van der Waals surface area contributed by atoms with Gasteiger partial charge >= 0.3 is 0 Å². The Morgan fingerprint density at radius 2 is 2.00 bits per heavy atom. The summed E-state index contributed by atoms with van der Waals surface area (Å²) in [4.78, 5) is 18.8. The van der Waals surface area contributed by atoms with Crippen molar-refractivity contribution >= 4 is 5.91 Å². The second-order valence-electron chi connectivity index (χ2n) is 6.98. The Morgan fingerprint density at radius 3 is 2.74 bits per heavy atom. The number of piperidine rings is 1. The predicted molar refractivity (Wildman–Crippen MR) is 100 cm³/mol. The summed E-state index contributed by atoms with van der Waals surface area (Å²) in [7, 11) is 3.24. The van der Waals surface area contributed by atoms with E-state index in [4.69, 9.17) is 14.2 Å². The molecule has 0 radical (unpaired) electrons. The molecule has 0 N–H and O–H groups in total. The molecule has 2 aromatic rings. The second-order valence-corrected chi connectivity index (χ2v) is 6.98. The van der Waals surface area contributed by atoms with E-state index in [-0.39, 0.29) is 11.5 Å². The number of amides is 1. The number of rotatable bonds is 3. The Labute approximate surface area is 159 Å². The molecule has 1 aromatic heterocycles. The summed E-state index contributed by atoms with van der Waals surface area (Å²) in [6.07, 6.45) is 5.66. The van der Waals surface area contributed by atoms with Crippen LogP contribution in [-0.2, 0) is 16.8 Å². The number of nitrogens with zero attached hydrogens (tertiary/aromatic N) is 2. The second kappa shape index (κ2) is 7.19. The number of likely N-dealkylation sites (tertiary alicyclic amines) is 1. The number of hydrogen-bond acceptors (Lipinski definition) is 5. The maximum Gasteiger partial charge on any atom is 0.257 e. The van der Waals surface area contributed by atoms with Crippen molar-refractivity contribution in [2.75, 3.05) is 33.9 Å². The number of pyridine rings is 1. The molecule has 3 heterocycles. The van der Waals surface area contributed by atoms with Crippen LogP contribution in [0.5, 0.6) is 11.5 Å². The van der Waals surface area contributed by atoms with E-state index >= 15 is 0 Å². The van der Waals surface area contributed by atoms with Crippen molar-refractivity contribution in [3.05, 3.63) is 53.3 Å². The zero-order chi connectivity index (χ0) is 18.9. The van der Waals surface area contributed by atoms with Gasteiger partial charge in [0.25, 0.3) is 5.91 Å². The van der Waals surface area contributed by atoms with Gasteiger partial charge in [0.05, 0.1) is 38.2 Å². The molecule has 2 aliphatic rings. The van der Waals surface area contributed by atoms with Crippen molar-refractivity contribution in [2.45, 2.75) is 24.9 Å². The summed E-state index contributed by atoms with van der Waals surface area (Å²) >= 11 is 0. The van der Waals surface area contributed by atoms with E-state index in [1.165, 1.54) is 11.1 Å². The molecule has 0 bridgehead atoms. The zero-order valence-electron chi connectivity index (χ0n) is 15.7. The lowest BCUT2D eigenvalue weighted by Gasteiger charge is -2.45. The molecule has 0 saturated carbocycles. The molecule has 0 atom stereocenters. The molecule has 6 heteroatoms. The van der Waals surface area contributed by atoms with Crippen LogP contribution < -0.4 is 9.47 Å². The first-order chi connectivity index (χ1) is 13.2. The third-order valence-electron chi connectivity index (χ3n) is 5.65. The Balaban J connectivity index is 1.54. The summed E-state index contributed by atoms with van der Waals surface area (Å²) < 4.78 is 16.9. The van der Waals surface area contributed by atoms with Gasteiger partial charge in [0.2, 0.25) is 0 Å². The lowest BCUT2D eigenvalue weighted by atomic mass is 9.79. The minimum absolute atomic E-state index is 0.0186. The predicted octanol–water partition coefficient (Wildman–Crippen LogP) is 2.80. The zero-order valence-corrected chi connectivity index (χ0v) is 15.7. The van der Waals surface area contributed by atoms with Crippen LogP contribution in [0.15, 0.2) is 36.7 Å². The summed E-state index contributed by atoms with van der Waals surface area (Å²) in [5.41, 5.74) is 2.77. The fourth-order valence-electron chi connectivity index (χ4n) is 4.16. The normalized spacial score (nSPS) is 18.1. The number of carbonyl (C=O) groups excluding carboxylic acids is 1. The van der Waals surface area contributed by atoms with Gasteiger partial charge in [-0.25, -0.2) is 0 Å². The molecule has 2 aliphatic heterocycles. The lowest BCUT2D eigenvalue weighted by molar-refractivity contribution is -0.0935. The van der Waals surface area contributed by atoms with Crippen LogP contribution in [0.25, 0.3) is 0 Å². The van der Waals surface area contributed by atoms with E-state index in [1.54, 1.807) is 32.7 Å². The average molecular weight is 368 g/mol. The summed E-state index contributed by atoms with van der Waals surface area (Å²) in [5.74, 6) is 1.37. The van der Waals surface area contributed by atoms with Crippen LogP contribution in [0.2, 0.25) is 0 Å². The number of hydrogen-bond donors (Lipinski definition) is 0. The van der Waals surface area contributed by atoms with Crippen molar-refractivity contribution in [1.82, 2.24) is 9.88 Å². The minimum Gasteiger partial charge on any atom is -0.497 e. The molecule has 0 unspecified atom stereocenters. The van der Waals surface area contributed by atoms with Crippen LogP contribution in [0, 0.1) is 0 Å². The third-order valence-corrected chi connectivity index (χ3v) is 5.65. The first kappa shape index (κ1) is 17.8. The molecular weight excluding hydrogens is 344 g/mol. The fraction of sp³-hybridized carbons (Fsp3) is 0.429. The van der Waals surface area contributed by atoms with Crippen molar-refractivity contribution in [1.29, 1.82) is 0 Å². The standard InChI is InChI=1S/C21H24N2O4/c1-25-16-3-4-18-15(13-16)6-12-27-21(18)7-10-23(11-8-21)20(24)17-5-9-22-14-19(17)26-2/h3-5,9,13-14H,6-8,10-12H2,1-2H3. The van der Waals surface area contributed by atoms with E-state index in [1.807, 2.05) is 11.0 Å². The van der Waals surface area contributed by atoms with Gasteiger partial charge in [-0.05, 0) is 48.6 Å². The number of methoxy groups -OCH3 is 2. The molecule has 6 nitrogen and oxygen atoms in total. The number of fused-ring (bicyclic) bond motifs is 2. The molecule has 142 valence electrons. The minimum atomic E-state index is -0.307. The average Bonchev–Trinajstić information content (AvgIpc) is 2.73. The van der Waals surface area contributed by atoms with Crippen molar-refractivity contribution < 1.29 is 19.0 Å². The van der Waals surface area contributed by atoms with E-state index < -0.39 is 0 Å². The van der Waals surface area contributed by atoms with Gasteiger partial charge in [-0.15, -0.1) is 0 Å². The topological polar surface area (TPSA) is 60.9 Å². The number of benzene rings is 1. The maximum absolute atomic E-state index is 12.9. The van der Waals surface area contributed by atoms with Gasteiger partial charge in [-0.3, -0.25) is 9.78 Å². The summed E-state index contributed by atoms with van der Waals surface area (Å²) in [6.45, 7) is 2.00. The first-order valence-corrected chi connectivity index (χ1v) is 9.25. The Morgan fingerprint density at radius 1 is 1.19 bits per heavy atom. The number of ether oxygens (including phenoxy) is 3. The number of aromatic nitrogens is 1. The largest absolute Gasteiger partial charge is 0.497 e. The van der Waals surface area contributed by atoms with E-state index in [9.17, 15) is 4.79 Å². The molecule has 1 saturated heterocycles. The van der Waals surface area contributed by atoms with Crippen molar-refractivity contribution in [3.63, 3.8) is 0 Å². The van der Waals surface area contributed by atoms with Crippen LogP contribution in [0.4, 0.5) is 0 Å². The highest BCUT2D eigenvalue weighted by Gasteiger charge is 2.42. The van der Waals surface area contributed by atoms with E-state index in [0.29, 0.717) is 31.0 Å². The molecule has 1 aromatic carbocycles. The van der Waals surface area contributed by atoms with E-state index in [2.05, 4.69) is 17.1 Å². The first-order valence-electron chi connectivity index (χ1n) is 9.25. The van der Waals surface area contributed by atoms with Gasteiger partial charge in [-0.1, -0.05) is 6.07 Å². The highest BCUT2D eigenvalue weighted by atomic mass is 16.5. The van der Waals surface area contributed by atoms with Gasteiger partial charge < -0.3 is 19.1 Å². The van der Waals surface area contributed by atoms with Crippen molar-refractivity contribution in [2.24, 2.45) is 0 Å². The number of carbonyl (C=O) groups is 1. The smallest absolute Gasteiger partial charge is 0.257 e. The molecule has 1 fully saturated rings. The van der Waals surface area contributed by atoms with Crippen LogP contribution in [-0.4, -0.2) is 49.7 Å². The molecule has 1 spiro atoms. The quantitative estimate of drug-likeness (QED) is 0.834. The molecule has 0 aliphatic carbocycles. The van der Waals surface area contributed by atoms with Gasteiger partial charge in [0.15, 0.2) is 0 Å². The summed E-state index contributed by atoms with van der Waals surface area (Å²) in [6, 6.07) is 7.94. The Bertz CT molecular complexity index is 844. The van der Waals surface area contributed by atoms with E-state index in [0.717, 1.165) is 25.0 Å². The monoisotopic (exact) mass is 368 g/mol. The highest BCUT2D eigenvalue weighted by Crippen LogP contribution is 2.42. The van der Waals surface area contributed by atoms with Crippen LogP contribution >= 0.6 is 0 Å². The van der Waals surface area contributed by atoms with Gasteiger partial charge in [0.1, 0.15) is 11.5 Å². The lowest BCUT2D eigenvalue weighted by Crippen LogP contribution is -2.48. The Kier molecular flexibility index (Phi) is 4.74. The van der Waals surface area contributed by atoms with Gasteiger partial charge in [-0.2, -0.15) is 0 Å². The SMILES string of the molecule is COc1ccc2c(c1)CCOC21CCN(C(=O)c2ccncc2OC)CC1. The summed E-state index contributed by atoms with van der Waals surface area (Å²) in [5, 5.41) is 0. The molecule has 1 amide bonds. The molecule has 27 heavy (non-hydrogen) atoms. The van der Waals surface area contributed by atoms with Crippen LogP contribution in [0.1, 0.15) is 34.3 Å². The van der Waals surface area contributed by atoms with Gasteiger partial charge in [0, 0.05) is 19.3 Å². The third kappa shape index (κ3) is 3.14. The molecular formula is C21H24N2O4. The fourth-order valence-corrected chi connectivity index (χ4v) is 4.16. The van der Waals surface area contributed by atoms with Crippen molar-refractivity contribution in [3.8, 4) is 11.5 Å². The Hall–Kier alpha value is -2.60. The molecule has 4 rings (SSSR count). The highest BCUT2D eigenvalue weighted by molar-refractivity contribution is 5.96.